The van der Waals surface area contributed by atoms with Gasteiger partial charge in [-0.15, -0.1) is 0 Å². The lowest BCUT2D eigenvalue weighted by Gasteiger charge is -2.34. The monoisotopic (exact) mass is 591 g/mol. The zero-order chi connectivity index (χ0) is 30.3. The number of aryl methyl sites for hydroxylation is 2. The van der Waals surface area contributed by atoms with Gasteiger partial charge in [-0.25, -0.2) is 8.42 Å². The lowest BCUT2D eigenvalue weighted by Crippen LogP contribution is -2.53. The van der Waals surface area contributed by atoms with Crippen molar-refractivity contribution in [1.82, 2.24) is 10.2 Å². The average Bonchev–Trinajstić information content (AvgIpc) is 3.49. The second-order valence-electron chi connectivity index (χ2n) is 10.9. The number of ether oxygens (including phenoxy) is 1. The molecule has 1 atom stereocenters. The number of hydrogen-bond donors (Lipinski definition) is 1. The van der Waals surface area contributed by atoms with E-state index in [9.17, 15) is 18.0 Å². The van der Waals surface area contributed by atoms with Crippen molar-refractivity contribution in [2.24, 2.45) is 0 Å². The number of nitrogens with one attached hydrogen (secondary N) is 1. The molecule has 3 aromatic carbocycles. The van der Waals surface area contributed by atoms with Crippen LogP contribution in [0, 0.1) is 13.8 Å². The third-order valence-electron chi connectivity index (χ3n) is 7.78. The predicted molar refractivity (Wildman–Crippen MR) is 165 cm³/mol. The Morgan fingerprint density at radius 3 is 2.21 bits per heavy atom. The molecule has 0 spiro atoms. The van der Waals surface area contributed by atoms with Crippen LogP contribution in [0.15, 0.2) is 77.7 Å². The number of methoxy groups -OCH3 is 1. The van der Waals surface area contributed by atoms with Gasteiger partial charge in [-0.3, -0.25) is 13.9 Å². The summed E-state index contributed by atoms with van der Waals surface area (Å²) in [4.78, 5) is 29.4. The topological polar surface area (TPSA) is 96.0 Å². The summed E-state index contributed by atoms with van der Waals surface area (Å²) in [6.45, 7) is 5.32. The maximum Gasteiger partial charge on any atom is 0.264 e. The molecule has 0 unspecified atom stereocenters. The van der Waals surface area contributed by atoms with Crippen LogP contribution in [0.1, 0.15) is 55.7 Å². The molecule has 1 aliphatic rings. The standard InChI is InChI=1S/C33H41N3O5S/c1-5-31(33(38)34-27-10-6-7-11-27)35(22-26-15-17-29(41-4)18-16-26)32(37)23-36(28-12-8-9-25(3)21-28)42(39,40)30-19-13-24(2)14-20-30/h8-9,12-21,27,31H,5-7,10-11,22-23H2,1-4H3,(H,34,38)/t31-/m1/s1. The third kappa shape index (κ3) is 7.50. The smallest absolute Gasteiger partial charge is 0.264 e. The van der Waals surface area contributed by atoms with Crippen molar-refractivity contribution in [2.75, 3.05) is 18.0 Å². The van der Waals surface area contributed by atoms with Crippen LogP contribution in [0.4, 0.5) is 5.69 Å². The molecule has 0 saturated heterocycles. The first kappa shape index (κ1) is 31.1. The SMILES string of the molecule is CC[C@H](C(=O)NC1CCCC1)N(Cc1ccc(OC)cc1)C(=O)CN(c1cccc(C)c1)S(=O)(=O)c1ccc(C)cc1. The Morgan fingerprint density at radius 1 is 0.952 bits per heavy atom. The number of sulfonamides is 1. The molecule has 4 rings (SSSR count). The Hall–Kier alpha value is -3.85. The summed E-state index contributed by atoms with van der Waals surface area (Å²) < 4.78 is 34.4. The summed E-state index contributed by atoms with van der Waals surface area (Å²) >= 11 is 0. The summed E-state index contributed by atoms with van der Waals surface area (Å²) in [6, 6.07) is 20.3. The Kier molecular flexibility index (Phi) is 10.3. The minimum atomic E-state index is -4.10. The molecule has 0 aliphatic heterocycles. The molecule has 42 heavy (non-hydrogen) atoms. The first-order valence-corrected chi connectivity index (χ1v) is 15.9. The van der Waals surface area contributed by atoms with E-state index >= 15 is 0 Å². The van der Waals surface area contributed by atoms with Crippen LogP contribution >= 0.6 is 0 Å². The number of carbonyl (C=O) groups is 2. The normalized spacial score (nSPS) is 14.3. The van der Waals surface area contributed by atoms with E-state index in [4.69, 9.17) is 4.74 Å². The van der Waals surface area contributed by atoms with Gasteiger partial charge in [-0.1, -0.05) is 61.7 Å². The lowest BCUT2D eigenvalue weighted by molar-refractivity contribution is -0.140. The number of anilines is 1. The Morgan fingerprint density at radius 2 is 1.62 bits per heavy atom. The van der Waals surface area contributed by atoms with Crippen molar-refractivity contribution in [1.29, 1.82) is 0 Å². The van der Waals surface area contributed by atoms with Gasteiger partial charge in [-0.05, 0) is 80.6 Å². The van der Waals surface area contributed by atoms with Gasteiger partial charge in [0, 0.05) is 12.6 Å². The van der Waals surface area contributed by atoms with Crippen molar-refractivity contribution in [3.8, 4) is 5.75 Å². The number of amides is 2. The summed E-state index contributed by atoms with van der Waals surface area (Å²) in [5.41, 5.74) is 2.98. The maximum atomic E-state index is 14.2. The van der Waals surface area contributed by atoms with E-state index in [1.54, 1.807) is 61.7 Å². The second-order valence-corrected chi connectivity index (χ2v) is 12.8. The van der Waals surface area contributed by atoms with Gasteiger partial charge in [0.05, 0.1) is 17.7 Å². The van der Waals surface area contributed by atoms with Crippen molar-refractivity contribution in [3.63, 3.8) is 0 Å². The quantitative estimate of drug-likeness (QED) is 0.305. The molecule has 0 radical (unpaired) electrons. The first-order chi connectivity index (χ1) is 20.1. The maximum absolute atomic E-state index is 14.2. The summed E-state index contributed by atoms with van der Waals surface area (Å²) in [5.74, 6) is 0.00338. The van der Waals surface area contributed by atoms with Gasteiger partial charge in [0.2, 0.25) is 11.8 Å². The van der Waals surface area contributed by atoms with Crippen molar-refractivity contribution in [3.05, 3.63) is 89.5 Å². The molecule has 3 aromatic rings. The number of benzene rings is 3. The third-order valence-corrected chi connectivity index (χ3v) is 9.57. The molecule has 1 N–H and O–H groups in total. The molecule has 224 valence electrons. The Bertz CT molecular complexity index is 1470. The van der Waals surface area contributed by atoms with Gasteiger partial charge < -0.3 is 15.0 Å². The summed E-state index contributed by atoms with van der Waals surface area (Å²) in [5, 5.41) is 3.14. The van der Waals surface area contributed by atoms with Gasteiger partial charge in [0.15, 0.2) is 0 Å². The zero-order valence-corrected chi connectivity index (χ0v) is 25.7. The van der Waals surface area contributed by atoms with Crippen LogP contribution < -0.4 is 14.4 Å². The predicted octanol–water partition coefficient (Wildman–Crippen LogP) is 5.37. The van der Waals surface area contributed by atoms with Gasteiger partial charge in [0.25, 0.3) is 10.0 Å². The van der Waals surface area contributed by atoms with E-state index in [1.807, 2.05) is 39.0 Å². The van der Waals surface area contributed by atoms with E-state index in [-0.39, 0.29) is 23.4 Å². The molecular weight excluding hydrogens is 550 g/mol. The molecule has 2 amide bonds. The fraction of sp³-hybridized carbons (Fsp3) is 0.394. The van der Waals surface area contributed by atoms with E-state index in [1.165, 1.54) is 4.90 Å². The number of nitrogens with zero attached hydrogens (tertiary/aromatic N) is 2. The van der Waals surface area contributed by atoms with Crippen LogP contribution in [0.5, 0.6) is 5.75 Å². The largest absolute Gasteiger partial charge is 0.497 e. The summed E-state index contributed by atoms with van der Waals surface area (Å²) in [7, 11) is -2.52. The highest BCUT2D eigenvalue weighted by atomic mass is 32.2. The zero-order valence-electron chi connectivity index (χ0n) is 24.9. The van der Waals surface area contributed by atoms with E-state index in [0.717, 1.165) is 46.7 Å². The molecule has 8 nitrogen and oxygen atoms in total. The highest BCUT2D eigenvalue weighted by Crippen LogP contribution is 2.26. The molecular formula is C33H41N3O5S. The lowest BCUT2D eigenvalue weighted by atomic mass is 10.1. The number of carbonyl (C=O) groups excluding carboxylic acids is 2. The second kappa shape index (κ2) is 13.9. The van der Waals surface area contributed by atoms with Gasteiger partial charge >= 0.3 is 0 Å². The molecule has 0 heterocycles. The average molecular weight is 592 g/mol. The highest BCUT2D eigenvalue weighted by Gasteiger charge is 2.34. The Labute approximate surface area is 249 Å². The van der Waals surface area contributed by atoms with Gasteiger partial charge in [0.1, 0.15) is 18.3 Å². The van der Waals surface area contributed by atoms with Crippen molar-refractivity contribution < 1.29 is 22.7 Å². The van der Waals surface area contributed by atoms with Crippen LogP contribution in [0.2, 0.25) is 0 Å². The molecule has 0 aromatic heterocycles. The number of hydrogen-bond acceptors (Lipinski definition) is 5. The van der Waals surface area contributed by atoms with E-state index in [2.05, 4.69) is 5.32 Å². The van der Waals surface area contributed by atoms with Gasteiger partial charge in [-0.2, -0.15) is 0 Å². The highest BCUT2D eigenvalue weighted by molar-refractivity contribution is 7.92. The van der Waals surface area contributed by atoms with Crippen molar-refractivity contribution in [2.45, 2.75) is 76.4 Å². The van der Waals surface area contributed by atoms with E-state index < -0.39 is 28.5 Å². The molecule has 0 bridgehead atoms. The molecule has 1 saturated carbocycles. The minimum Gasteiger partial charge on any atom is -0.497 e. The first-order valence-electron chi connectivity index (χ1n) is 14.5. The fourth-order valence-corrected chi connectivity index (χ4v) is 6.77. The van der Waals surface area contributed by atoms with Crippen LogP contribution in [0.3, 0.4) is 0 Å². The van der Waals surface area contributed by atoms with Crippen molar-refractivity contribution >= 4 is 27.5 Å². The summed E-state index contributed by atoms with van der Waals surface area (Å²) in [6.07, 6.45) is 4.36. The van der Waals surface area contributed by atoms with Crippen LogP contribution in [-0.4, -0.2) is 50.9 Å². The molecule has 1 fully saturated rings. The molecule has 1 aliphatic carbocycles. The number of rotatable bonds is 12. The molecule has 9 heteroatoms. The van der Waals surface area contributed by atoms with Crippen LogP contribution in [0.25, 0.3) is 0 Å². The Balaban J connectivity index is 1.71. The van der Waals surface area contributed by atoms with E-state index in [0.29, 0.717) is 17.9 Å². The minimum absolute atomic E-state index is 0.0927. The van der Waals surface area contributed by atoms with Crippen LogP contribution in [-0.2, 0) is 26.2 Å². The fourth-order valence-electron chi connectivity index (χ4n) is 5.36.